The van der Waals surface area contributed by atoms with Gasteiger partial charge in [0.25, 0.3) is 0 Å². The Balaban J connectivity index is 1.83. The van der Waals surface area contributed by atoms with E-state index in [4.69, 9.17) is 13.9 Å². The number of hydrogen-bond acceptors (Lipinski definition) is 5. The van der Waals surface area contributed by atoms with Crippen LogP contribution in [0.1, 0.15) is 25.0 Å². The van der Waals surface area contributed by atoms with Crippen LogP contribution in [0.3, 0.4) is 0 Å². The summed E-state index contributed by atoms with van der Waals surface area (Å²) in [6, 6.07) is 12.7. The third-order valence-electron chi connectivity index (χ3n) is 5.58. The van der Waals surface area contributed by atoms with Crippen LogP contribution in [0.2, 0.25) is 0 Å². The number of aryl methyl sites for hydroxylation is 1. The SMILES string of the molecule is C=C(C)C(=O)Oc1ccc(-c2ccc3c(oc4c(C(F)(F)F)c(OC(=O)C(=C)C)ccc43)c2C)cc1. The molecule has 0 unspecified atom stereocenters. The van der Waals surface area contributed by atoms with Crippen molar-refractivity contribution in [3.05, 3.63) is 84.0 Å². The fourth-order valence-corrected chi connectivity index (χ4v) is 3.77. The number of furan rings is 1. The molecule has 0 aliphatic carbocycles. The quantitative estimate of drug-likeness (QED) is 0.163. The minimum absolute atomic E-state index is 0.0336. The van der Waals surface area contributed by atoms with E-state index in [1.54, 1.807) is 50.2 Å². The summed E-state index contributed by atoms with van der Waals surface area (Å²) in [4.78, 5) is 23.6. The minimum atomic E-state index is -4.84. The monoisotopic (exact) mass is 494 g/mol. The Hall–Kier alpha value is -4.33. The van der Waals surface area contributed by atoms with E-state index in [0.29, 0.717) is 16.7 Å². The molecule has 1 aromatic heterocycles. The summed E-state index contributed by atoms with van der Waals surface area (Å²) in [5, 5.41) is 0.727. The molecule has 36 heavy (non-hydrogen) atoms. The predicted octanol–water partition coefficient (Wildman–Crippen LogP) is 7.54. The Morgan fingerprint density at radius 2 is 1.36 bits per heavy atom. The summed E-state index contributed by atoms with van der Waals surface area (Å²) in [5.41, 5.74) is 0.995. The lowest BCUT2D eigenvalue weighted by Gasteiger charge is -2.13. The lowest BCUT2D eigenvalue weighted by atomic mass is 9.97. The van der Waals surface area contributed by atoms with E-state index < -0.39 is 35.0 Å². The molecule has 0 aliphatic rings. The highest BCUT2D eigenvalue weighted by atomic mass is 19.4. The maximum absolute atomic E-state index is 14.1. The lowest BCUT2D eigenvalue weighted by Crippen LogP contribution is -2.14. The smallest absolute Gasteiger partial charge is 0.423 e. The van der Waals surface area contributed by atoms with Gasteiger partial charge in [-0.2, -0.15) is 13.2 Å². The molecule has 0 amide bonds. The highest BCUT2D eigenvalue weighted by molar-refractivity contribution is 6.09. The molecule has 3 aromatic carbocycles. The van der Waals surface area contributed by atoms with Crippen LogP contribution in [0, 0.1) is 6.92 Å². The summed E-state index contributed by atoms with van der Waals surface area (Å²) >= 11 is 0. The number of ether oxygens (including phenoxy) is 2. The van der Waals surface area contributed by atoms with Crippen LogP contribution in [0.4, 0.5) is 13.2 Å². The van der Waals surface area contributed by atoms with Gasteiger partial charge in [-0.25, -0.2) is 9.59 Å². The van der Waals surface area contributed by atoms with E-state index in [2.05, 4.69) is 13.2 Å². The average molecular weight is 494 g/mol. The normalized spacial score (nSPS) is 11.5. The van der Waals surface area contributed by atoms with Gasteiger partial charge >= 0.3 is 18.1 Å². The van der Waals surface area contributed by atoms with Crippen molar-refractivity contribution in [2.75, 3.05) is 0 Å². The zero-order valence-electron chi connectivity index (χ0n) is 19.7. The van der Waals surface area contributed by atoms with Crippen LogP contribution in [0.25, 0.3) is 33.1 Å². The standard InChI is InChI=1S/C28H21F3O5/c1-14(2)26(32)34-18-8-6-17(7-9-18)19-10-11-20-21-12-13-22(35-27(33)15(3)4)23(28(29,30)31)25(21)36-24(20)16(19)5/h6-13H,1,3H2,2,4-5H3. The maximum Gasteiger partial charge on any atom is 0.423 e. The van der Waals surface area contributed by atoms with E-state index in [9.17, 15) is 22.8 Å². The first kappa shape index (κ1) is 24.8. The molecular formula is C28H21F3O5. The van der Waals surface area contributed by atoms with Gasteiger partial charge in [0.1, 0.15) is 22.6 Å². The van der Waals surface area contributed by atoms with Gasteiger partial charge in [-0.15, -0.1) is 0 Å². The summed E-state index contributed by atoms with van der Waals surface area (Å²) in [5.74, 6) is -1.83. The number of alkyl halides is 3. The molecule has 1 heterocycles. The van der Waals surface area contributed by atoms with Gasteiger partial charge < -0.3 is 13.9 Å². The van der Waals surface area contributed by atoms with Gasteiger partial charge in [-0.3, -0.25) is 0 Å². The number of carbonyl (C=O) groups is 2. The second-order valence-corrected chi connectivity index (χ2v) is 8.39. The van der Waals surface area contributed by atoms with Crippen molar-refractivity contribution in [3.8, 4) is 22.6 Å². The first-order valence-electron chi connectivity index (χ1n) is 10.8. The molecule has 0 fully saturated rings. The van der Waals surface area contributed by atoms with Crippen molar-refractivity contribution in [3.63, 3.8) is 0 Å². The Labute approximate surface area is 204 Å². The van der Waals surface area contributed by atoms with Crippen molar-refractivity contribution in [1.29, 1.82) is 0 Å². The highest BCUT2D eigenvalue weighted by Gasteiger charge is 2.39. The average Bonchev–Trinajstić information content (AvgIpc) is 3.18. The van der Waals surface area contributed by atoms with E-state index in [-0.39, 0.29) is 22.1 Å². The maximum atomic E-state index is 14.1. The van der Waals surface area contributed by atoms with E-state index in [1.807, 2.05) is 0 Å². The van der Waals surface area contributed by atoms with Gasteiger partial charge in [-0.1, -0.05) is 31.4 Å². The van der Waals surface area contributed by atoms with Gasteiger partial charge in [0.15, 0.2) is 5.58 Å². The molecule has 0 bridgehead atoms. The number of benzene rings is 3. The number of esters is 2. The Morgan fingerprint density at radius 1 is 0.806 bits per heavy atom. The topological polar surface area (TPSA) is 65.7 Å². The van der Waals surface area contributed by atoms with Gasteiger partial charge in [0.2, 0.25) is 0 Å². The van der Waals surface area contributed by atoms with Crippen LogP contribution in [-0.2, 0) is 15.8 Å². The van der Waals surface area contributed by atoms with Crippen molar-refractivity contribution in [2.24, 2.45) is 0 Å². The van der Waals surface area contributed by atoms with Crippen molar-refractivity contribution < 1.29 is 36.7 Å². The zero-order valence-corrected chi connectivity index (χ0v) is 19.7. The molecule has 4 aromatic rings. The predicted molar refractivity (Wildman–Crippen MR) is 130 cm³/mol. The van der Waals surface area contributed by atoms with Crippen molar-refractivity contribution in [1.82, 2.24) is 0 Å². The number of rotatable bonds is 5. The number of fused-ring (bicyclic) bond motifs is 3. The van der Waals surface area contributed by atoms with Gasteiger partial charge in [-0.05, 0) is 62.2 Å². The largest absolute Gasteiger partial charge is 0.455 e. The van der Waals surface area contributed by atoms with Crippen LogP contribution in [0.5, 0.6) is 11.5 Å². The molecule has 0 spiro atoms. The molecular weight excluding hydrogens is 473 g/mol. The molecule has 0 saturated carbocycles. The van der Waals surface area contributed by atoms with Gasteiger partial charge in [0, 0.05) is 27.5 Å². The summed E-state index contributed by atoms with van der Waals surface area (Å²) < 4.78 is 58.1. The van der Waals surface area contributed by atoms with Crippen LogP contribution >= 0.6 is 0 Å². The van der Waals surface area contributed by atoms with Gasteiger partial charge in [0.05, 0.1) is 0 Å². The molecule has 5 nitrogen and oxygen atoms in total. The summed E-state index contributed by atoms with van der Waals surface area (Å²) in [7, 11) is 0. The van der Waals surface area contributed by atoms with Crippen molar-refractivity contribution in [2.45, 2.75) is 26.9 Å². The van der Waals surface area contributed by atoms with E-state index in [1.165, 1.54) is 13.0 Å². The fraction of sp³-hybridized carbons (Fsp3) is 0.143. The minimum Gasteiger partial charge on any atom is -0.455 e. The third-order valence-corrected chi connectivity index (χ3v) is 5.58. The van der Waals surface area contributed by atoms with E-state index in [0.717, 1.165) is 17.2 Å². The Kier molecular flexibility index (Phi) is 6.22. The number of carbonyl (C=O) groups excluding carboxylic acids is 2. The first-order valence-corrected chi connectivity index (χ1v) is 10.8. The molecule has 8 heteroatoms. The molecule has 184 valence electrons. The fourth-order valence-electron chi connectivity index (χ4n) is 3.77. The van der Waals surface area contributed by atoms with Crippen molar-refractivity contribution >= 4 is 33.9 Å². The van der Waals surface area contributed by atoms with E-state index >= 15 is 0 Å². The summed E-state index contributed by atoms with van der Waals surface area (Å²) in [6.45, 7) is 11.6. The molecule has 0 saturated heterocycles. The highest BCUT2D eigenvalue weighted by Crippen LogP contribution is 2.45. The Bertz CT molecular complexity index is 1560. The lowest BCUT2D eigenvalue weighted by molar-refractivity contribution is -0.140. The van der Waals surface area contributed by atoms with Crippen LogP contribution in [0.15, 0.2) is 77.3 Å². The Morgan fingerprint density at radius 3 is 1.94 bits per heavy atom. The number of hydrogen-bond donors (Lipinski definition) is 0. The first-order chi connectivity index (χ1) is 16.9. The third kappa shape index (κ3) is 4.49. The second kappa shape index (κ2) is 9.03. The summed E-state index contributed by atoms with van der Waals surface area (Å²) in [6.07, 6.45) is -4.84. The zero-order chi connectivity index (χ0) is 26.4. The van der Waals surface area contributed by atoms with Crippen LogP contribution in [-0.4, -0.2) is 11.9 Å². The molecule has 0 radical (unpaired) electrons. The van der Waals surface area contributed by atoms with Crippen LogP contribution < -0.4 is 9.47 Å². The molecule has 4 rings (SSSR count). The molecule has 0 N–H and O–H groups in total. The molecule has 0 atom stereocenters. The second-order valence-electron chi connectivity index (χ2n) is 8.39. The molecule has 0 aliphatic heterocycles. The number of halogens is 3.